The van der Waals surface area contributed by atoms with Gasteiger partial charge in [0.05, 0.1) is 5.92 Å². The summed E-state index contributed by atoms with van der Waals surface area (Å²) in [5, 5.41) is 0. The third-order valence-electron chi connectivity index (χ3n) is 3.95. The largest absolute Gasteiger partial charge is 0.369 e. The number of hydrogen-bond acceptors (Lipinski definition) is 3. The lowest BCUT2D eigenvalue weighted by Crippen LogP contribution is -2.30. The molecular weight excluding hydrogens is 244 g/mol. The second kappa shape index (κ2) is 4.94. The van der Waals surface area contributed by atoms with Crippen LogP contribution in [0.1, 0.15) is 17.9 Å². The second-order valence-corrected chi connectivity index (χ2v) is 6.26. The molecule has 3 rings (SSSR count). The van der Waals surface area contributed by atoms with Gasteiger partial charge >= 0.3 is 0 Å². The van der Waals surface area contributed by atoms with E-state index in [0.717, 1.165) is 31.8 Å². The first-order valence-electron chi connectivity index (χ1n) is 6.47. The van der Waals surface area contributed by atoms with Crippen LogP contribution < -0.4 is 5.73 Å². The SMILES string of the molecule is NC(=O)C1CCN(CC2CSc3ccccc32)C1. The number of likely N-dealkylation sites (tertiary alicyclic amines) is 1. The monoisotopic (exact) mass is 262 g/mol. The van der Waals surface area contributed by atoms with Crippen LogP contribution in [0.25, 0.3) is 0 Å². The average molecular weight is 262 g/mol. The van der Waals surface area contributed by atoms with E-state index in [4.69, 9.17) is 5.73 Å². The smallest absolute Gasteiger partial charge is 0.221 e. The first-order valence-corrected chi connectivity index (χ1v) is 7.46. The molecule has 2 aliphatic rings. The highest BCUT2D eigenvalue weighted by molar-refractivity contribution is 7.99. The molecule has 1 saturated heterocycles. The minimum absolute atomic E-state index is 0.0642. The molecule has 2 N–H and O–H groups in total. The molecule has 0 aromatic heterocycles. The van der Waals surface area contributed by atoms with Crippen molar-refractivity contribution in [3.8, 4) is 0 Å². The van der Waals surface area contributed by atoms with E-state index in [0.29, 0.717) is 5.92 Å². The quantitative estimate of drug-likeness (QED) is 0.901. The van der Waals surface area contributed by atoms with E-state index in [1.54, 1.807) is 0 Å². The van der Waals surface area contributed by atoms with Gasteiger partial charge in [-0.3, -0.25) is 4.79 Å². The highest BCUT2D eigenvalue weighted by atomic mass is 32.2. The third kappa shape index (κ3) is 2.27. The Labute approximate surface area is 112 Å². The summed E-state index contributed by atoms with van der Waals surface area (Å²) >= 11 is 1.95. The summed E-state index contributed by atoms with van der Waals surface area (Å²) in [4.78, 5) is 15.0. The van der Waals surface area contributed by atoms with Crippen LogP contribution in [0.15, 0.2) is 29.2 Å². The van der Waals surface area contributed by atoms with E-state index in [-0.39, 0.29) is 11.8 Å². The molecule has 1 fully saturated rings. The van der Waals surface area contributed by atoms with E-state index in [1.165, 1.54) is 10.5 Å². The van der Waals surface area contributed by atoms with E-state index >= 15 is 0 Å². The number of rotatable bonds is 3. The maximum atomic E-state index is 11.2. The molecule has 96 valence electrons. The van der Waals surface area contributed by atoms with Crippen LogP contribution >= 0.6 is 11.8 Å². The molecule has 1 aromatic carbocycles. The molecule has 2 unspecified atom stereocenters. The van der Waals surface area contributed by atoms with Gasteiger partial charge in [-0.15, -0.1) is 11.8 Å². The highest BCUT2D eigenvalue weighted by Gasteiger charge is 2.30. The number of benzene rings is 1. The molecule has 2 atom stereocenters. The summed E-state index contributed by atoms with van der Waals surface area (Å²) in [6, 6.07) is 8.67. The van der Waals surface area contributed by atoms with Gasteiger partial charge in [0.15, 0.2) is 0 Å². The Bertz CT molecular complexity index is 463. The summed E-state index contributed by atoms with van der Waals surface area (Å²) in [7, 11) is 0. The second-order valence-electron chi connectivity index (χ2n) is 5.19. The minimum Gasteiger partial charge on any atom is -0.369 e. The Morgan fingerprint density at radius 3 is 3.06 bits per heavy atom. The molecule has 2 heterocycles. The van der Waals surface area contributed by atoms with Gasteiger partial charge in [0.2, 0.25) is 5.91 Å². The van der Waals surface area contributed by atoms with Crippen molar-refractivity contribution < 1.29 is 4.79 Å². The number of carbonyl (C=O) groups excluding carboxylic acids is 1. The molecule has 0 spiro atoms. The van der Waals surface area contributed by atoms with Crippen molar-refractivity contribution in [3.05, 3.63) is 29.8 Å². The molecule has 4 heteroatoms. The summed E-state index contributed by atoms with van der Waals surface area (Å²) in [6.45, 7) is 2.92. The van der Waals surface area contributed by atoms with E-state index in [9.17, 15) is 4.79 Å². The van der Waals surface area contributed by atoms with E-state index in [2.05, 4.69) is 29.2 Å². The number of carbonyl (C=O) groups is 1. The summed E-state index contributed by atoms with van der Waals surface area (Å²) in [5.74, 6) is 1.70. The number of thioether (sulfide) groups is 1. The highest BCUT2D eigenvalue weighted by Crippen LogP contribution is 2.40. The van der Waals surface area contributed by atoms with Gasteiger partial charge in [0.1, 0.15) is 0 Å². The van der Waals surface area contributed by atoms with Gasteiger partial charge in [0.25, 0.3) is 0 Å². The maximum absolute atomic E-state index is 11.2. The zero-order chi connectivity index (χ0) is 12.5. The molecule has 0 bridgehead atoms. The van der Waals surface area contributed by atoms with Crippen LogP contribution in [-0.4, -0.2) is 36.2 Å². The number of primary amides is 1. The van der Waals surface area contributed by atoms with E-state index < -0.39 is 0 Å². The molecule has 18 heavy (non-hydrogen) atoms. The molecule has 3 nitrogen and oxygen atoms in total. The van der Waals surface area contributed by atoms with Crippen LogP contribution in [0.2, 0.25) is 0 Å². The van der Waals surface area contributed by atoms with Gasteiger partial charge in [-0.1, -0.05) is 18.2 Å². The minimum atomic E-state index is -0.140. The van der Waals surface area contributed by atoms with Crippen LogP contribution in [0.5, 0.6) is 0 Å². The fourth-order valence-corrected chi connectivity index (χ4v) is 4.16. The number of hydrogen-bond donors (Lipinski definition) is 1. The van der Waals surface area contributed by atoms with Crippen molar-refractivity contribution in [2.24, 2.45) is 11.7 Å². The first-order chi connectivity index (χ1) is 8.74. The summed E-state index contributed by atoms with van der Waals surface area (Å²) in [6.07, 6.45) is 0.927. The molecular formula is C14H18N2OS. The number of nitrogens with two attached hydrogens (primary N) is 1. The predicted molar refractivity (Wildman–Crippen MR) is 73.6 cm³/mol. The molecule has 1 aromatic rings. The van der Waals surface area contributed by atoms with Gasteiger partial charge in [0, 0.05) is 29.7 Å². The molecule has 1 amide bonds. The van der Waals surface area contributed by atoms with Crippen LogP contribution in [0, 0.1) is 5.92 Å². The van der Waals surface area contributed by atoms with Crippen molar-refractivity contribution in [1.82, 2.24) is 4.90 Å². The van der Waals surface area contributed by atoms with Crippen molar-refractivity contribution >= 4 is 17.7 Å². The third-order valence-corrected chi connectivity index (χ3v) is 5.20. The lowest BCUT2D eigenvalue weighted by molar-refractivity contribution is -0.121. The lowest BCUT2D eigenvalue weighted by atomic mass is 10.0. The van der Waals surface area contributed by atoms with Crippen molar-refractivity contribution in [1.29, 1.82) is 0 Å². The normalized spacial score (nSPS) is 27.3. The van der Waals surface area contributed by atoms with Crippen molar-refractivity contribution in [2.45, 2.75) is 17.2 Å². The molecule has 0 aliphatic carbocycles. The zero-order valence-corrected chi connectivity index (χ0v) is 11.2. The average Bonchev–Trinajstić information content (AvgIpc) is 2.98. The topological polar surface area (TPSA) is 46.3 Å². The number of nitrogens with zero attached hydrogens (tertiary/aromatic N) is 1. The summed E-state index contributed by atoms with van der Waals surface area (Å²) in [5.41, 5.74) is 6.85. The Morgan fingerprint density at radius 1 is 1.44 bits per heavy atom. The maximum Gasteiger partial charge on any atom is 0.221 e. The standard InChI is InChI=1S/C14H18N2OS/c15-14(17)10-5-6-16(7-10)8-11-9-18-13-4-2-1-3-12(11)13/h1-4,10-11H,5-9H2,(H2,15,17). The van der Waals surface area contributed by atoms with E-state index in [1.807, 2.05) is 11.8 Å². The van der Waals surface area contributed by atoms with Crippen LogP contribution in [0.3, 0.4) is 0 Å². The number of amides is 1. The Hall–Kier alpha value is -1.00. The molecule has 0 saturated carbocycles. The Balaban J connectivity index is 1.64. The van der Waals surface area contributed by atoms with Crippen LogP contribution in [0.4, 0.5) is 0 Å². The molecule has 2 aliphatic heterocycles. The van der Waals surface area contributed by atoms with Gasteiger partial charge in [-0.2, -0.15) is 0 Å². The summed E-state index contributed by atoms with van der Waals surface area (Å²) < 4.78 is 0. The van der Waals surface area contributed by atoms with Crippen LogP contribution in [-0.2, 0) is 4.79 Å². The van der Waals surface area contributed by atoms with Gasteiger partial charge in [-0.25, -0.2) is 0 Å². The first kappa shape index (κ1) is 12.1. The zero-order valence-electron chi connectivity index (χ0n) is 10.3. The van der Waals surface area contributed by atoms with Gasteiger partial charge in [-0.05, 0) is 24.6 Å². The van der Waals surface area contributed by atoms with Crippen molar-refractivity contribution in [3.63, 3.8) is 0 Å². The number of fused-ring (bicyclic) bond motifs is 1. The lowest BCUT2D eigenvalue weighted by Gasteiger charge is -2.20. The van der Waals surface area contributed by atoms with Crippen molar-refractivity contribution in [2.75, 3.05) is 25.4 Å². The fourth-order valence-electron chi connectivity index (χ4n) is 2.92. The Kier molecular flexibility index (Phi) is 3.31. The predicted octanol–water partition coefficient (Wildman–Crippen LogP) is 1.68. The van der Waals surface area contributed by atoms with Gasteiger partial charge < -0.3 is 10.6 Å². The fraction of sp³-hybridized carbons (Fsp3) is 0.500. The Morgan fingerprint density at radius 2 is 2.28 bits per heavy atom. The molecule has 0 radical (unpaired) electrons.